The molecule has 0 unspecified atom stereocenters. The summed E-state index contributed by atoms with van der Waals surface area (Å²) in [5.41, 5.74) is 1.06. The molecule has 144 valence electrons. The lowest BCUT2D eigenvalue weighted by Gasteiger charge is -2.32. The topological polar surface area (TPSA) is 49.1 Å². The van der Waals surface area contributed by atoms with Gasteiger partial charge in [-0.2, -0.15) is 5.10 Å². The monoisotopic (exact) mass is 368 g/mol. The molecule has 27 heavy (non-hydrogen) atoms. The van der Waals surface area contributed by atoms with Gasteiger partial charge in [0.2, 0.25) is 0 Å². The van der Waals surface area contributed by atoms with E-state index in [1.807, 2.05) is 29.2 Å². The Morgan fingerprint density at radius 3 is 2.70 bits per heavy atom. The molecule has 2 fully saturated rings. The van der Waals surface area contributed by atoms with E-state index in [0.29, 0.717) is 12.7 Å². The molecule has 4 rings (SSSR count). The number of ether oxygens (including phenoxy) is 1. The molecule has 0 spiro atoms. The van der Waals surface area contributed by atoms with Crippen molar-refractivity contribution in [3.05, 3.63) is 24.7 Å². The predicted molar refractivity (Wildman–Crippen MR) is 106 cm³/mol. The van der Waals surface area contributed by atoms with Crippen molar-refractivity contribution in [2.24, 2.45) is 0 Å². The third-order valence-corrected chi connectivity index (χ3v) is 5.46. The predicted octanol–water partition coefficient (Wildman–Crippen LogP) is 0.966. The Morgan fingerprint density at radius 1 is 1.07 bits per heavy atom. The highest BCUT2D eigenvalue weighted by atomic mass is 16.5. The Morgan fingerprint density at radius 2 is 1.89 bits per heavy atom. The molecule has 7 nitrogen and oxygen atoms in total. The molecule has 4 heterocycles. The largest absolute Gasteiger partial charge is 0.365 e. The van der Waals surface area contributed by atoms with Gasteiger partial charge in [-0.1, -0.05) is 11.8 Å². The first-order chi connectivity index (χ1) is 13.3. The third kappa shape index (κ3) is 4.59. The van der Waals surface area contributed by atoms with E-state index < -0.39 is 0 Å². The van der Waals surface area contributed by atoms with Crippen LogP contribution in [-0.2, 0) is 4.74 Å². The lowest BCUT2D eigenvalue weighted by atomic mass is 10.1. The number of likely N-dealkylation sites (N-methyl/N-ethyl adjacent to an activating group) is 1. The minimum absolute atomic E-state index is 0.295. The summed E-state index contributed by atoms with van der Waals surface area (Å²) in [6, 6.07) is 2.01. The molecular formula is C20H28N6O. The Bertz CT molecular complexity index is 793. The Balaban J connectivity index is 1.19. The summed E-state index contributed by atoms with van der Waals surface area (Å²) in [7, 11) is 2.17. The van der Waals surface area contributed by atoms with E-state index in [0.717, 1.165) is 70.0 Å². The number of piperazine rings is 1. The van der Waals surface area contributed by atoms with Crippen LogP contribution in [0, 0.1) is 11.8 Å². The molecule has 2 aromatic rings. The molecule has 7 heteroatoms. The van der Waals surface area contributed by atoms with Crippen LogP contribution >= 0.6 is 0 Å². The van der Waals surface area contributed by atoms with Crippen molar-refractivity contribution in [3.8, 4) is 11.8 Å². The Labute approximate surface area is 160 Å². The van der Waals surface area contributed by atoms with E-state index in [9.17, 15) is 0 Å². The minimum atomic E-state index is 0.295. The molecule has 2 aromatic heterocycles. The normalized spacial score (nSPS) is 20.0. The quantitative estimate of drug-likeness (QED) is 0.750. The third-order valence-electron chi connectivity index (χ3n) is 5.46. The van der Waals surface area contributed by atoms with Crippen LogP contribution in [0.3, 0.4) is 0 Å². The van der Waals surface area contributed by atoms with Gasteiger partial charge in [-0.15, -0.1) is 0 Å². The highest BCUT2D eigenvalue weighted by Gasteiger charge is 2.22. The second-order valence-electron chi connectivity index (χ2n) is 7.34. The summed E-state index contributed by atoms with van der Waals surface area (Å²) >= 11 is 0. The molecule has 2 saturated heterocycles. The zero-order valence-electron chi connectivity index (χ0n) is 16.0. The fourth-order valence-electron chi connectivity index (χ4n) is 3.71. The van der Waals surface area contributed by atoms with Gasteiger partial charge in [0.05, 0.1) is 18.8 Å². The molecular weight excluding hydrogens is 340 g/mol. The average Bonchev–Trinajstić information content (AvgIpc) is 3.19. The summed E-state index contributed by atoms with van der Waals surface area (Å²) < 4.78 is 7.86. The highest BCUT2D eigenvalue weighted by molar-refractivity contribution is 5.68. The number of rotatable bonds is 4. The second kappa shape index (κ2) is 8.70. The molecule has 0 atom stereocenters. The number of fused-ring (bicyclic) bond motifs is 1. The van der Waals surface area contributed by atoms with Gasteiger partial charge in [0.1, 0.15) is 12.1 Å². The summed E-state index contributed by atoms with van der Waals surface area (Å²) in [6.45, 7) is 7.81. The van der Waals surface area contributed by atoms with Crippen molar-refractivity contribution in [2.45, 2.75) is 18.9 Å². The lowest BCUT2D eigenvalue weighted by molar-refractivity contribution is 0.0593. The van der Waals surface area contributed by atoms with Gasteiger partial charge < -0.3 is 14.5 Å². The fourth-order valence-corrected chi connectivity index (χ4v) is 3.71. The zero-order valence-corrected chi connectivity index (χ0v) is 16.0. The number of hydrogen-bond acceptors (Lipinski definition) is 6. The van der Waals surface area contributed by atoms with Crippen LogP contribution in [0.2, 0.25) is 0 Å². The first-order valence-electron chi connectivity index (χ1n) is 9.81. The van der Waals surface area contributed by atoms with Crippen LogP contribution in [0.5, 0.6) is 0 Å². The molecule has 2 aliphatic heterocycles. The maximum Gasteiger partial charge on any atom is 0.154 e. The van der Waals surface area contributed by atoms with Crippen LogP contribution in [0.25, 0.3) is 5.52 Å². The van der Waals surface area contributed by atoms with Gasteiger partial charge in [0.15, 0.2) is 5.82 Å². The van der Waals surface area contributed by atoms with Crippen LogP contribution in [0.4, 0.5) is 5.82 Å². The van der Waals surface area contributed by atoms with Crippen molar-refractivity contribution in [1.29, 1.82) is 0 Å². The molecule has 0 saturated carbocycles. The summed E-state index contributed by atoms with van der Waals surface area (Å²) in [5.74, 6) is 7.47. The number of aromatic nitrogens is 3. The van der Waals surface area contributed by atoms with Crippen LogP contribution in [-0.4, -0.2) is 90.0 Å². The maximum atomic E-state index is 5.98. The molecule has 0 aliphatic carbocycles. The molecule has 0 aromatic carbocycles. The Hall–Kier alpha value is -2.14. The standard InChI is InChI=1S/C20H28N6O/c1-23-13-15-24(16-14-23)9-2-3-17-27-18-5-10-25(11-6-18)20-19-4-7-22-26(19)12-8-21-20/h4,7-8,12,18H,5-6,9-11,13-17H2,1H3. The molecule has 0 bridgehead atoms. The number of hydrogen-bond donors (Lipinski definition) is 0. The van der Waals surface area contributed by atoms with E-state index >= 15 is 0 Å². The minimum Gasteiger partial charge on any atom is -0.365 e. The SMILES string of the molecule is CN1CCN(CC#CCOC2CCN(c3nccn4nccc34)CC2)CC1. The number of nitrogens with zero attached hydrogens (tertiary/aromatic N) is 6. The van der Waals surface area contributed by atoms with Crippen LogP contribution < -0.4 is 4.90 Å². The van der Waals surface area contributed by atoms with E-state index in [1.54, 1.807) is 0 Å². The lowest BCUT2D eigenvalue weighted by Crippen LogP contribution is -2.44. The van der Waals surface area contributed by atoms with Crippen molar-refractivity contribution in [1.82, 2.24) is 24.4 Å². The maximum absolute atomic E-state index is 5.98. The van der Waals surface area contributed by atoms with Crippen molar-refractivity contribution in [2.75, 3.05) is 64.4 Å². The van der Waals surface area contributed by atoms with Gasteiger partial charge in [-0.3, -0.25) is 4.90 Å². The van der Waals surface area contributed by atoms with Crippen LogP contribution in [0.1, 0.15) is 12.8 Å². The summed E-state index contributed by atoms with van der Waals surface area (Å²) in [4.78, 5) is 11.7. The van der Waals surface area contributed by atoms with E-state index in [4.69, 9.17) is 4.74 Å². The van der Waals surface area contributed by atoms with Gasteiger partial charge >= 0.3 is 0 Å². The summed E-state index contributed by atoms with van der Waals surface area (Å²) in [6.07, 6.45) is 7.83. The first-order valence-corrected chi connectivity index (χ1v) is 9.81. The van der Waals surface area contributed by atoms with Gasteiger partial charge in [-0.25, -0.2) is 9.50 Å². The van der Waals surface area contributed by atoms with Crippen molar-refractivity contribution >= 4 is 11.3 Å². The van der Waals surface area contributed by atoms with Gasteiger partial charge in [0.25, 0.3) is 0 Å². The molecule has 0 N–H and O–H groups in total. The van der Waals surface area contributed by atoms with Gasteiger partial charge in [0, 0.05) is 51.7 Å². The van der Waals surface area contributed by atoms with Crippen molar-refractivity contribution in [3.63, 3.8) is 0 Å². The smallest absolute Gasteiger partial charge is 0.154 e. The Kier molecular flexibility index (Phi) is 5.87. The number of piperidine rings is 1. The fraction of sp³-hybridized carbons (Fsp3) is 0.600. The zero-order chi connectivity index (χ0) is 18.5. The molecule has 0 radical (unpaired) electrons. The first kappa shape index (κ1) is 18.2. The second-order valence-corrected chi connectivity index (χ2v) is 7.34. The van der Waals surface area contributed by atoms with Gasteiger partial charge in [-0.05, 0) is 26.0 Å². The van der Waals surface area contributed by atoms with Crippen LogP contribution in [0.15, 0.2) is 24.7 Å². The number of anilines is 1. The molecule has 0 amide bonds. The highest BCUT2D eigenvalue weighted by Crippen LogP contribution is 2.23. The summed E-state index contributed by atoms with van der Waals surface area (Å²) in [5, 5.41) is 4.29. The van der Waals surface area contributed by atoms with E-state index in [2.05, 4.69) is 43.7 Å². The van der Waals surface area contributed by atoms with Crippen molar-refractivity contribution < 1.29 is 4.74 Å². The van der Waals surface area contributed by atoms with E-state index in [1.165, 1.54) is 0 Å². The average molecular weight is 368 g/mol. The van der Waals surface area contributed by atoms with E-state index in [-0.39, 0.29) is 0 Å². The molecule has 2 aliphatic rings.